The van der Waals surface area contributed by atoms with Gasteiger partial charge in [0.1, 0.15) is 0 Å². The zero-order chi connectivity index (χ0) is 14.8. The van der Waals surface area contributed by atoms with Crippen LogP contribution in [0.15, 0.2) is 6.07 Å². The average molecular weight is 277 g/mol. The summed E-state index contributed by atoms with van der Waals surface area (Å²) in [6.07, 6.45) is 2.94. The topological polar surface area (TPSA) is 70.9 Å². The quantitative estimate of drug-likeness (QED) is 0.639. The molecule has 2 rings (SSSR count). The first kappa shape index (κ1) is 15.0. The number of nitrogens with zero attached hydrogens (tertiary/aromatic N) is 3. The Bertz CT molecular complexity index is 469. The first-order valence-corrected chi connectivity index (χ1v) is 7.61. The van der Waals surface area contributed by atoms with Gasteiger partial charge >= 0.3 is 0 Å². The Balaban J connectivity index is 1.99. The van der Waals surface area contributed by atoms with Gasteiger partial charge in [0.15, 0.2) is 0 Å². The molecule has 0 amide bonds. The fraction of sp³-hybridized carbons (Fsp3) is 0.733. The number of hydrogen-bond acceptors (Lipinski definition) is 3. The highest BCUT2D eigenvalue weighted by Gasteiger charge is 2.33. The first-order valence-electron chi connectivity index (χ1n) is 7.61. The fourth-order valence-electron chi connectivity index (χ4n) is 2.79. The van der Waals surface area contributed by atoms with Crippen LogP contribution in [0.2, 0.25) is 0 Å². The number of amidine groups is 1. The van der Waals surface area contributed by atoms with Crippen molar-refractivity contribution in [2.75, 3.05) is 13.1 Å². The minimum absolute atomic E-state index is 0.101. The second kappa shape index (κ2) is 5.95. The molecule has 1 aromatic heterocycles. The molecule has 2 heterocycles. The van der Waals surface area contributed by atoms with E-state index in [2.05, 4.69) is 41.5 Å². The van der Waals surface area contributed by atoms with Gasteiger partial charge in [0.25, 0.3) is 0 Å². The summed E-state index contributed by atoms with van der Waals surface area (Å²) in [5, 5.41) is 12.3. The van der Waals surface area contributed by atoms with Gasteiger partial charge in [-0.2, -0.15) is 5.10 Å². The van der Waals surface area contributed by atoms with Crippen molar-refractivity contribution in [1.29, 1.82) is 5.41 Å². The van der Waals surface area contributed by atoms with Crippen LogP contribution >= 0.6 is 0 Å². The summed E-state index contributed by atoms with van der Waals surface area (Å²) in [6.45, 7) is 10.3. The Hall–Kier alpha value is -1.36. The van der Waals surface area contributed by atoms with E-state index in [1.807, 2.05) is 0 Å². The lowest BCUT2D eigenvalue weighted by Gasteiger charge is -2.38. The Morgan fingerprint density at radius 2 is 2.05 bits per heavy atom. The molecular weight excluding hydrogens is 250 g/mol. The maximum Gasteiger partial charge on any atom is 0.0966 e. The second-order valence-electron chi connectivity index (χ2n) is 6.05. The number of nitrogens with one attached hydrogen (secondary N) is 1. The number of rotatable bonds is 5. The lowest BCUT2D eigenvalue weighted by molar-refractivity contribution is 0.152. The number of aromatic nitrogens is 2. The van der Waals surface area contributed by atoms with E-state index in [0.29, 0.717) is 5.84 Å². The van der Waals surface area contributed by atoms with Crippen molar-refractivity contribution < 1.29 is 0 Å². The predicted octanol–water partition coefficient (Wildman–Crippen LogP) is 2.00. The summed E-state index contributed by atoms with van der Waals surface area (Å²) < 4.78 is 2.11. The molecule has 1 aliphatic heterocycles. The van der Waals surface area contributed by atoms with E-state index in [0.717, 1.165) is 45.4 Å². The van der Waals surface area contributed by atoms with Gasteiger partial charge in [-0.3, -0.25) is 15.0 Å². The molecule has 0 aliphatic carbocycles. The molecule has 0 bridgehead atoms. The van der Waals surface area contributed by atoms with Crippen molar-refractivity contribution in [2.45, 2.75) is 53.1 Å². The highest BCUT2D eigenvalue weighted by Crippen LogP contribution is 2.31. The summed E-state index contributed by atoms with van der Waals surface area (Å²) in [5.41, 5.74) is 8.09. The molecule has 1 fully saturated rings. The van der Waals surface area contributed by atoms with Crippen LogP contribution in [0, 0.1) is 10.8 Å². The van der Waals surface area contributed by atoms with Gasteiger partial charge in [0.05, 0.1) is 17.2 Å². The van der Waals surface area contributed by atoms with Crippen LogP contribution in [0.5, 0.6) is 0 Å². The van der Waals surface area contributed by atoms with Crippen molar-refractivity contribution in [1.82, 2.24) is 14.7 Å². The van der Waals surface area contributed by atoms with E-state index >= 15 is 0 Å². The molecule has 5 nitrogen and oxygen atoms in total. The van der Waals surface area contributed by atoms with E-state index in [9.17, 15) is 0 Å². The molecule has 0 radical (unpaired) electrons. The minimum Gasteiger partial charge on any atom is -0.387 e. The largest absolute Gasteiger partial charge is 0.387 e. The highest BCUT2D eigenvalue weighted by atomic mass is 15.3. The Morgan fingerprint density at radius 3 is 2.55 bits per heavy atom. The molecule has 5 heteroatoms. The van der Waals surface area contributed by atoms with Crippen molar-refractivity contribution in [3.8, 4) is 0 Å². The van der Waals surface area contributed by atoms with Gasteiger partial charge < -0.3 is 5.73 Å². The molecule has 112 valence electrons. The normalized spacial score (nSPS) is 19.1. The predicted molar refractivity (Wildman–Crippen MR) is 81.8 cm³/mol. The lowest BCUT2D eigenvalue weighted by Crippen LogP contribution is -2.45. The standard InChI is InChI=1S/C15H27N5/c1-4-12-10-13(20(5-2)18-12)11-19-8-6-15(3,7-9-19)14(16)17/h10H,4-9,11H2,1-3H3,(H3,16,17). The summed E-state index contributed by atoms with van der Waals surface area (Å²) >= 11 is 0. The lowest BCUT2D eigenvalue weighted by atomic mass is 9.79. The second-order valence-corrected chi connectivity index (χ2v) is 6.05. The van der Waals surface area contributed by atoms with E-state index in [1.165, 1.54) is 11.4 Å². The van der Waals surface area contributed by atoms with Crippen molar-refractivity contribution in [3.05, 3.63) is 17.5 Å². The molecular formula is C15H27N5. The Labute approximate surface area is 121 Å². The fourth-order valence-corrected chi connectivity index (χ4v) is 2.79. The molecule has 3 N–H and O–H groups in total. The van der Waals surface area contributed by atoms with Crippen LogP contribution < -0.4 is 5.73 Å². The summed E-state index contributed by atoms with van der Waals surface area (Å²) in [6, 6.07) is 2.22. The number of nitrogens with two attached hydrogens (primary N) is 1. The molecule has 1 aromatic rings. The van der Waals surface area contributed by atoms with Crippen molar-refractivity contribution in [2.24, 2.45) is 11.1 Å². The van der Waals surface area contributed by atoms with Crippen LogP contribution in [0.25, 0.3) is 0 Å². The third-order valence-electron chi connectivity index (χ3n) is 4.57. The zero-order valence-electron chi connectivity index (χ0n) is 12.9. The molecule has 0 atom stereocenters. The third-order valence-corrected chi connectivity index (χ3v) is 4.57. The molecule has 20 heavy (non-hydrogen) atoms. The van der Waals surface area contributed by atoms with Crippen LogP contribution in [0.1, 0.15) is 45.0 Å². The molecule has 0 saturated carbocycles. The maximum absolute atomic E-state index is 7.71. The van der Waals surface area contributed by atoms with Crippen LogP contribution in [-0.2, 0) is 19.5 Å². The van der Waals surface area contributed by atoms with Crippen molar-refractivity contribution >= 4 is 5.84 Å². The van der Waals surface area contributed by atoms with Gasteiger partial charge in [0.2, 0.25) is 0 Å². The van der Waals surface area contributed by atoms with Gasteiger partial charge in [-0.15, -0.1) is 0 Å². The monoisotopic (exact) mass is 277 g/mol. The molecule has 1 saturated heterocycles. The van der Waals surface area contributed by atoms with Gasteiger partial charge in [0, 0.05) is 18.5 Å². The van der Waals surface area contributed by atoms with Crippen LogP contribution in [0.4, 0.5) is 0 Å². The van der Waals surface area contributed by atoms with Crippen molar-refractivity contribution in [3.63, 3.8) is 0 Å². The highest BCUT2D eigenvalue weighted by molar-refractivity contribution is 5.83. The zero-order valence-corrected chi connectivity index (χ0v) is 12.9. The minimum atomic E-state index is -0.101. The number of likely N-dealkylation sites (tertiary alicyclic amines) is 1. The first-order chi connectivity index (χ1) is 9.48. The van der Waals surface area contributed by atoms with Gasteiger partial charge in [-0.1, -0.05) is 13.8 Å². The third kappa shape index (κ3) is 3.03. The number of aryl methyl sites for hydroxylation is 2. The van der Waals surface area contributed by atoms with E-state index < -0.39 is 0 Å². The Morgan fingerprint density at radius 1 is 1.40 bits per heavy atom. The van der Waals surface area contributed by atoms with E-state index in [4.69, 9.17) is 11.1 Å². The SMILES string of the molecule is CCc1cc(CN2CCC(C)(C(=N)N)CC2)n(CC)n1. The molecule has 0 unspecified atom stereocenters. The average Bonchev–Trinajstić information content (AvgIpc) is 2.83. The van der Waals surface area contributed by atoms with E-state index in [1.54, 1.807) is 0 Å². The molecule has 0 spiro atoms. The van der Waals surface area contributed by atoms with E-state index in [-0.39, 0.29) is 5.41 Å². The maximum atomic E-state index is 7.71. The molecule has 1 aliphatic rings. The summed E-state index contributed by atoms with van der Waals surface area (Å²) in [5.74, 6) is 0.337. The summed E-state index contributed by atoms with van der Waals surface area (Å²) in [7, 11) is 0. The van der Waals surface area contributed by atoms with Gasteiger partial charge in [-0.25, -0.2) is 0 Å². The number of piperidine rings is 1. The summed E-state index contributed by atoms with van der Waals surface area (Å²) in [4.78, 5) is 2.45. The number of hydrogen-bond donors (Lipinski definition) is 2. The smallest absolute Gasteiger partial charge is 0.0966 e. The Kier molecular flexibility index (Phi) is 4.48. The van der Waals surface area contributed by atoms with Crippen LogP contribution in [-0.4, -0.2) is 33.6 Å². The van der Waals surface area contributed by atoms with Gasteiger partial charge in [-0.05, 0) is 45.3 Å². The van der Waals surface area contributed by atoms with Crippen LogP contribution in [0.3, 0.4) is 0 Å². The molecule has 0 aromatic carbocycles.